The number of hydrogen-bond donors (Lipinski definition) is 6. The van der Waals surface area contributed by atoms with Crippen LogP contribution in [0.3, 0.4) is 0 Å². The molecule has 2 aromatic rings. The van der Waals surface area contributed by atoms with Crippen molar-refractivity contribution < 1.29 is 39.5 Å². The van der Waals surface area contributed by atoms with Gasteiger partial charge in [0.25, 0.3) is 0 Å². The van der Waals surface area contributed by atoms with Crippen LogP contribution in [0.15, 0.2) is 12.1 Å². The van der Waals surface area contributed by atoms with E-state index in [1.165, 1.54) is 0 Å². The number of ketones is 2. The molecule has 4 heterocycles. The molecule has 2 spiro atoms. The predicted octanol–water partition coefficient (Wildman–Crippen LogP) is 0.786. The molecule has 4 fully saturated rings. The molecule has 8 aliphatic rings. The second-order valence-electron chi connectivity index (χ2n) is 13.9. The van der Waals surface area contributed by atoms with E-state index in [-0.39, 0.29) is 59.5 Å². The maximum atomic E-state index is 13.2. The van der Waals surface area contributed by atoms with Crippen LogP contribution in [0.5, 0.6) is 23.0 Å². The van der Waals surface area contributed by atoms with Gasteiger partial charge in [0.2, 0.25) is 0 Å². The molecule has 4 aliphatic carbocycles. The topological polar surface area (TPSA) is 158 Å². The summed E-state index contributed by atoms with van der Waals surface area (Å²) >= 11 is 0. The number of hydrogen-bond acceptors (Lipinski definition) is 10. The average Bonchev–Trinajstić information content (AvgIpc) is 3.49. The van der Waals surface area contributed by atoms with E-state index in [1.807, 2.05) is 12.1 Å². The standard InChI is InChI=1S/C32H32N2O8/c35-17-1-3-31(39)19-11-13-9-15(23(37)25-21(13)29(31,5-7-33-19)27(17)41-25)16-10-14-12-20-32(40)4-2-18(36)28-30(32,6-8-34-20)22(14)26(42-28)24(16)38/h9-10,19-20,27-28,33-34,37-40H,1-8,11-12H2/t19-,20-,27+,28+,29+,30+,31-,32-/m1/s1. The molecule has 4 aliphatic heterocycles. The Labute approximate surface area is 241 Å². The Hall–Kier alpha value is -3.18. The van der Waals surface area contributed by atoms with E-state index in [2.05, 4.69) is 10.6 Å². The van der Waals surface area contributed by atoms with Gasteiger partial charge in [0.1, 0.15) is 0 Å². The monoisotopic (exact) mass is 572 g/mol. The lowest BCUT2D eigenvalue weighted by atomic mass is 9.49. The first-order chi connectivity index (χ1) is 20.2. The van der Waals surface area contributed by atoms with E-state index in [1.54, 1.807) is 0 Å². The molecule has 2 saturated heterocycles. The molecule has 6 N–H and O–H groups in total. The Morgan fingerprint density at radius 1 is 0.690 bits per heavy atom. The van der Waals surface area contributed by atoms with Crippen LogP contribution in [-0.4, -0.2) is 80.6 Å². The third kappa shape index (κ3) is 2.25. The summed E-state index contributed by atoms with van der Waals surface area (Å²) in [6, 6.07) is 3.18. The van der Waals surface area contributed by atoms with Crippen LogP contribution < -0.4 is 20.1 Å². The van der Waals surface area contributed by atoms with E-state index in [9.17, 15) is 30.0 Å². The van der Waals surface area contributed by atoms with E-state index in [4.69, 9.17) is 9.47 Å². The second kappa shape index (κ2) is 7.13. The van der Waals surface area contributed by atoms with E-state index < -0.39 is 34.2 Å². The van der Waals surface area contributed by atoms with Crippen molar-refractivity contribution in [2.24, 2.45) is 0 Å². The first-order valence-electron chi connectivity index (χ1n) is 15.2. The lowest BCUT2D eigenvalue weighted by Gasteiger charge is -2.59. The first-order valence-corrected chi connectivity index (χ1v) is 15.2. The number of aromatic hydroxyl groups is 2. The number of nitrogens with one attached hydrogen (secondary N) is 2. The number of carbonyl (C=O) groups is 2. The number of phenolic OH excluding ortho intramolecular Hbond substituents is 2. The molecule has 0 amide bonds. The van der Waals surface area contributed by atoms with Gasteiger partial charge in [-0.25, -0.2) is 0 Å². The zero-order chi connectivity index (χ0) is 28.6. The smallest absolute Gasteiger partial charge is 0.174 e. The van der Waals surface area contributed by atoms with Crippen LogP contribution in [0.25, 0.3) is 11.1 Å². The summed E-state index contributed by atoms with van der Waals surface area (Å²) in [4.78, 5) is 26.4. The minimum atomic E-state index is -1.16. The molecule has 10 rings (SSSR count). The lowest BCUT2D eigenvalue weighted by Crippen LogP contribution is -2.76. The fourth-order valence-electron chi connectivity index (χ4n) is 11.0. The third-order valence-electron chi connectivity index (χ3n) is 12.7. The molecule has 4 bridgehead atoms. The van der Waals surface area contributed by atoms with Gasteiger partial charge >= 0.3 is 0 Å². The Kier molecular flexibility index (Phi) is 4.12. The number of phenols is 2. The summed E-state index contributed by atoms with van der Waals surface area (Å²) in [6.45, 7) is 1.27. The maximum absolute atomic E-state index is 13.2. The Morgan fingerprint density at radius 2 is 1.12 bits per heavy atom. The van der Waals surface area contributed by atoms with Gasteiger partial charge in [-0.1, -0.05) is 0 Å². The van der Waals surface area contributed by atoms with Gasteiger partial charge in [0.05, 0.1) is 22.0 Å². The van der Waals surface area contributed by atoms with Crippen molar-refractivity contribution >= 4 is 11.6 Å². The van der Waals surface area contributed by atoms with Crippen molar-refractivity contribution in [1.29, 1.82) is 0 Å². The number of piperidine rings is 2. The molecule has 0 radical (unpaired) electrons. The lowest BCUT2D eigenvalue weighted by molar-refractivity contribution is -0.166. The zero-order valence-electron chi connectivity index (χ0n) is 23.0. The molecule has 10 nitrogen and oxygen atoms in total. The number of ether oxygens (including phenoxy) is 2. The van der Waals surface area contributed by atoms with Crippen LogP contribution >= 0.6 is 0 Å². The summed E-state index contributed by atoms with van der Waals surface area (Å²) in [6.07, 6.45) is 1.41. The van der Waals surface area contributed by atoms with Crippen molar-refractivity contribution in [2.45, 2.75) is 97.7 Å². The number of aliphatic hydroxyl groups is 2. The molecule has 8 atom stereocenters. The van der Waals surface area contributed by atoms with E-state index >= 15 is 0 Å². The molecule has 2 saturated carbocycles. The Bertz CT molecular complexity index is 1580. The molecule has 2 aromatic carbocycles. The summed E-state index contributed by atoms with van der Waals surface area (Å²) < 4.78 is 12.6. The largest absolute Gasteiger partial charge is 0.504 e. The van der Waals surface area contributed by atoms with Gasteiger partial charge in [-0.3, -0.25) is 9.59 Å². The van der Waals surface area contributed by atoms with Crippen LogP contribution in [-0.2, 0) is 33.3 Å². The fraction of sp³-hybridized carbons (Fsp3) is 0.562. The summed E-state index contributed by atoms with van der Waals surface area (Å²) in [5.74, 6) is -0.0642. The van der Waals surface area contributed by atoms with Crippen molar-refractivity contribution in [3.8, 4) is 34.1 Å². The Balaban J connectivity index is 1.21. The molecule has 0 unspecified atom stereocenters. The SMILES string of the molecule is O=C1CC[C@@]2(O)[C@H]3Cc4cc(-c5cc6c7c(c5O)O[C@H]5C(=O)CC[C@@]8(O)[C@@H](C6)NCC[C@]758)c(O)c5c4[C@@]2(CCN3)[C@H]1O5. The van der Waals surface area contributed by atoms with E-state index in [0.717, 1.165) is 22.3 Å². The normalized spacial score (nSPS) is 42.9. The van der Waals surface area contributed by atoms with Crippen LogP contribution in [0.1, 0.15) is 60.8 Å². The highest BCUT2D eigenvalue weighted by Gasteiger charge is 2.73. The van der Waals surface area contributed by atoms with Crippen LogP contribution in [0.4, 0.5) is 0 Å². The summed E-state index contributed by atoms with van der Waals surface area (Å²) in [7, 11) is 0. The molecule has 218 valence electrons. The number of Topliss-reactive ketones (excluding diaryl/α,β-unsaturated/α-hetero) is 2. The molecular weight excluding hydrogens is 540 g/mol. The second-order valence-corrected chi connectivity index (χ2v) is 13.9. The van der Waals surface area contributed by atoms with Gasteiger partial charge in [0.15, 0.2) is 46.8 Å². The van der Waals surface area contributed by atoms with E-state index in [0.29, 0.717) is 62.7 Å². The van der Waals surface area contributed by atoms with Gasteiger partial charge in [0, 0.05) is 47.2 Å². The highest BCUT2D eigenvalue weighted by atomic mass is 16.5. The first kappa shape index (κ1) is 24.3. The van der Waals surface area contributed by atoms with Gasteiger partial charge in [-0.05, 0) is 74.9 Å². The van der Waals surface area contributed by atoms with Crippen LogP contribution in [0, 0.1) is 0 Å². The maximum Gasteiger partial charge on any atom is 0.174 e. The third-order valence-corrected chi connectivity index (χ3v) is 12.7. The highest BCUT2D eigenvalue weighted by molar-refractivity contribution is 5.94. The number of carbonyl (C=O) groups excluding carboxylic acids is 2. The fourth-order valence-corrected chi connectivity index (χ4v) is 11.0. The van der Waals surface area contributed by atoms with Crippen LogP contribution in [0.2, 0.25) is 0 Å². The van der Waals surface area contributed by atoms with Gasteiger partial charge in [-0.15, -0.1) is 0 Å². The number of benzene rings is 2. The van der Waals surface area contributed by atoms with Crippen molar-refractivity contribution in [1.82, 2.24) is 10.6 Å². The zero-order valence-corrected chi connectivity index (χ0v) is 23.0. The van der Waals surface area contributed by atoms with Crippen molar-refractivity contribution in [3.05, 3.63) is 34.4 Å². The minimum absolute atomic E-state index is 0.0680. The number of rotatable bonds is 1. The molecule has 10 heteroatoms. The predicted molar refractivity (Wildman–Crippen MR) is 146 cm³/mol. The summed E-state index contributed by atoms with van der Waals surface area (Å²) in [5, 5.41) is 54.7. The Morgan fingerprint density at radius 3 is 1.55 bits per heavy atom. The summed E-state index contributed by atoms with van der Waals surface area (Å²) in [5.41, 5.74) is -0.256. The quantitative estimate of drug-likeness (QED) is 0.289. The minimum Gasteiger partial charge on any atom is -0.504 e. The highest BCUT2D eigenvalue weighted by Crippen LogP contribution is 2.68. The van der Waals surface area contributed by atoms with Gasteiger partial charge < -0.3 is 40.5 Å². The van der Waals surface area contributed by atoms with Gasteiger partial charge in [-0.2, -0.15) is 0 Å². The molecule has 42 heavy (non-hydrogen) atoms. The molecule has 0 aromatic heterocycles. The van der Waals surface area contributed by atoms with Crippen molar-refractivity contribution in [3.63, 3.8) is 0 Å². The average molecular weight is 573 g/mol. The molecular formula is C32H32N2O8. The van der Waals surface area contributed by atoms with Crippen molar-refractivity contribution in [2.75, 3.05) is 13.1 Å².